The van der Waals surface area contributed by atoms with Gasteiger partial charge in [-0.25, -0.2) is 0 Å². The fourth-order valence-electron chi connectivity index (χ4n) is 3.26. The number of amides is 1. The van der Waals surface area contributed by atoms with Crippen molar-refractivity contribution in [1.29, 1.82) is 5.26 Å². The average molecular weight is 448 g/mol. The lowest BCUT2D eigenvalue weighted by atomic mass is 10.1. The Kier molecular flexibility index (Phi) is 8.46. The first-order chi connectivity index (χ1) is 15.5. The molecule has 1 amide bonds. The van der Waals surface area contributed by atoms with E-state index in [9.17, 15) is 4.79 Å². The van der Waals surface area contributed by atoms with Crippen LogP contribution in [0.4, 0.5) is 0 Å². The molecule has 3 aromatic rings. The van der Waals surface area contributed by atoms with E-state index in [1.54, 1.807) is 11.9 Å². The van der Waals surface area contributed by atoms with Crippen LogP contribution in [-0.2, 0) is 11.2 Å². The number of carbonyl (C=O) groups excluding carboxylic acids is 1. The molecule has 0 aliphatic heterocycles. The number of benzene rings is 2. The van der Waals surface area contributed by atoms with Crippen LogP contribution in [0.3, 0.4) is 0 Å². The van der Waals surface area contributed by atoms with E-state index in [-0.39, 0.29) is 11.7 Å². The molecule has 0 saturated heterocycles. The molecule has 0 atom stereocenters. The summed E-state index contributed by atoms with van der Waals surface area (Å²) in [5.41, 5.74) is 4.44. The standard InChI is InChI=1S/C25H29N5OS/c1-4-5-7-20-10-14-22(15-11-20)30-24(21-12-8-19(2)9-13-21)27-28-25(30)32-18-23(31)29(3)17-6-16-26/h8-15H,4-7,17-18H2,1-3H3. The number of unbranched alkanes of at least 4 members (excludes halogenated alkanes) is 1. The van der Waals surface area contributed by atoms with Gasteiger partial charge in [-0.2, -0.15) is 5.26 Å². The molecule has 0 radical (unpaired) electrons. The van der Waals surface area contributed by atoms with Crippen molar-refractivity contribution in [3.63, 3.8) is 0 Å². The van der Waals surface area contributed by atoms with E-state index >= 15 is 0 Å². The van der Waals surface area contributed by atoms with Crippen molar-refractivity contribution < 1.29 is 4.79 Å². The second-order valence-corrected chi connectivity index (χ2v) is 8.73. The van der Waals surface area contributed by atoms with Gasteiger partial charge < -0.3 is 4.90 Å². The minimum atomic E-state index is -0.0356. The Morgan fingerprint density at radius 2 is 1.84 bits per heavy atom. The van der Waals surface area contributed by atoms with Gasteiger partial charge in [0.2, 0.25) is 5.91 Å². The van der Waals surface area contributed by atoms with Gasteiger partial charge in [-0.3, -0.25) is 9.36 Å². The van der Waals surface area contributed by atoms with Crippen LogP contribution in [0.2, 0.25) is 0 Å². The van der Waals surface area contributed by atoms with Crippen LogP contribution in [0, 0.1) is 18.3 Å². The van der Waals surface area contributed by atoms with Crippen molar-refractivity contribution in [2.75, 3.05) is 19.3 Å². The molecule has 0 spiro atoms. The highest BCUT2D eigenvalue weighted by molar-refractivity contribution is 7.99. The van der Waals surface area contributed by atoms with E-state index in [4.69, 9.17) is 5.26 Å². The molecule has 1 aromatic heterocycles. The summed E-state index contributed by atoms with van der Waals surface area (Å²) in [5, 5.41) is 18.3. The topological polar surface area (TPSA) is 74.8 Å². The molecule has 6 nitrogen and oxygen atoms in total. The van der Waals surface area contributed by atoms with Gasteiger partial charge in [-0.1, -0.05) is 67.1 Å². The summed E-state index contributed by atoms with van der Waals surface area (Å²) in [6.07, 6.45) is 3.73. The van der Waals surface area contributed by atoms with Crippen molar-refractivity contribution in [3.05, 3.63) is 59.7 Å². The maximum Gasteiger partial charge on any atom is 0.232 e. The first kappa shape index (κ1) is 23.6. The zero-order valence-corrected chi connectivity index (χ0v) is 19.7. The highest BCUT2D eigenvalue weighted by atomic mass is 32.2. The van der Waals surface area contributed by atoms with Gasteiger partial charge in [0.1, 0.15) is 0 Å². The Bertz CT molecular complexity index is 1070. The molecule has 7 heteroatoms. The van der Waals surface area contributed by atoms with Crippen molar-refractivity contribution in [3.8, 4) is 23.1 Å². The van der Waals surface area contributed by atoms with Crippen LogP contribution in [0.15, 0.2) is 53.7 Å². The maximum absolute atomic E-state index is 12.5. The largest absolute Gasteiger partial charge is 0.344 e. The number of aromatic nitrogens is 3. The van der Waals surface area contributed by atoms with E-state index in [0.717, 1.165) is 23.5 Å². The predicted octanol–water partition coefficient (Wildman–Crippen LogP) is 5.05. The Labute approximate surface area is 194 Å². The van der Waals surface area contributed by atoms with Crippen molar-refractivity contribution in [2.45, 2.75) is 44.7 Å². The second-order valence-electron chi connectivity index (χ2n) is 7.79. The molecule has 0 saturated carbocycles. The minimum absolute atomic E-state index is 0.0356. The molecule has 166 valence electrons. The fraction of sp³-hybridized carbons (Fsp3) is 0.360. The fourth-order valence-corrected chi connectivity index (χ4v) is 4.15. The van der Waals surface area contributed by atoms with Gasteiger partial charge in [0.25, 0.3) is 0 Å². The second kappa shape index (κ2) is 11.5. The lowest BCUT2D eigenvalue weighted by Gasteiger charge is -2.15. The summed E-state index contributed by atoms with van der Waals surface area (Å²) in [4.78, 5) is 14.1. The number of hydrogen-bond donors (Lipinski definition) is 0. The minimum Gasteiger partial charge on any atom is -0.344 e. The van der Waals surface area contributed by atoms with Crippen LogP contribution < -0.4 is 0 Å². The zero-order valence-electron chi connectivity index (χ0n) is 18.9. The third kappa shape index (κ3) is 5.98. The predicted molar refractivity (Wildman–Crippen MR) is 129 cm³/mol. The normalized spacial score (nSPS) is 10.7. The molecule has 0 unspecified atom stereocenters. The number of thioether (sulfide) groups is 1. The molecular formula is C25H29N5OS. The number of hydrogen-bond acceptors (Lipinski definition) is 5. The Hall–Kier alpha value is -3.11. The van der Waals surface area contributed by atoms with E-state index in [1.165, 1.54) is 35.7 Å². The van der Waals surface area contributed by atoms with Crippen molar-refractivity contribution >= 4 is 17.7 Å². The molecule has 32 heavy (non-hydrogen) atoms. The lowest BCUT2D eigenvalue weighted by molar-refractivity contribution is -0.127. The average Bonchev–Trinajstić information content (AvgIpc) is 3.24. The molecule has 0 aliphatic carbocycles. The van der Waals surface area contributed by atoms with Gasteiger partial charge in [-0.05, 0) is 37.5 Å². The molecule has 0 N–H and O–H groups in total. The van der Waals surface area contributed by atoms with Gasteiger partial charge in [0, 0.05) is 24.8 Å². The monoisotopic (exact) mass is 447 g/mol. The summed E-state index contributed by atoms with van der Waals surface area (Å²) in [6, 6.07) is 18.8. The number of carbonyl (C=O) groups is 1. The number of rotatable bonds is 10. The van der Waals surface area contributed by atoms with Crippen LogP contribution in [0.25, 0.3) is 17.1 Å². The van der Waals surface area contributed by atoms with Gasteiger partial charge in [0.05, 0.1) is 18.2 Å². The Morgan fingerprint density at radius 1 is 1.12 bits per heavy atom. The first-order valence-electron chi connectivity index (χ1n) is 10.9. The van der Waals surface area contributed by atoms with Crippen molar-refractivity contribution in [1.82, 2.24) is 19.7 Å². The Morgan fingerprint density at radius 3 is 2.50 bits per heavy atom. The summed E-state index contributed by atoms with van der Waals surface area (Å²) >= 11 is 1.36. The third-order valence-corrected chi connectivity index (χ3v) is 6.18. The van der Waals surface area contributed by atoms with E-state index in [1.807, 2.05) is 16.7 Å². The highest BCUT2D eigenvalue weighted by Crippen LogP contribution is 2.28. The summed E-state index contributed by atoms with van der Waals surface area (Å²) in [6.45, 7) is 4.68. The zero-order chi connectivity index (χ0) is 22.9. The summed E-state index contributed by atoms with van der Waals surface area (Å²) in [7, 11) is 1.72. The summed E-state index contributed by atoms with van der Waals surface area (Å²) < 4.78 is 2.02. The van der Waals surface area contributed by atoms with Crippen LogP contribution >= 0.6 is 11.8 Å². The van der Waals surface area contributed by atoms with Crippen LogP contribution in [0.1, 0.15) is 37.3 Å². The highest BCUT2D eigenvalue weighted by Gasteiger charge is 2.18. The third-order valence-electron chi connectivity index (χ3n) is 5.27. The van der Waals surface area contributed by atoms with Crippen LogP contribution in [0.5, 0.6) is 0 Å². The molecule has 3 rings (SSSR count). The molecular weight excluding hydrogens is 418 g/mol. The maximum atomic E-state index is 12.5. The molecule has 0 bridgehead atoms. The first-order valence-corrected chi connectivity index (χ1v) is 11.9. The van der Waals surface area contributed by atoms with Gasteiger partial charge in [-0.15, -0.1) is 10.2 Å². The van der Waals surface area contributed by atoms with Crippen LogP contribution in [-0.4, -0.2) is 44.9 Å². The molecule has 0 aliphatic rings. The number of nitrogens with zero attached hydrogens (tertiary/aromatic N) is 5. The molecule has 1 heterocycles. The van der Waals surface area contributed by atoms with Gasteiger partial charge in [0.15, 0.2) is 11.0 Å². The Balaban J connectivity index is 1.89. The van der Waals surface area contributed by atoms with Gasteiger partial charge >= 0.3 is 0 Å². The van der Waals surface area contributed by atoms with Crippen molar-refractivity contribution in [2.24, 2.45) is 0 Å². The van der Waals surface area contributed by atoms with E-state index in [0.29, 0.717) is 18.1 Å². The number of aryl methyl sites for hydroxylation is 2. The van der Waals surface area contributed by atoms with E-state index < -0.39 is 0 Å². The summed E-state index contributed by atoms with van der Waals surface area (Å²) in [5.74, 6) is 0.952. The molecule has 2 aromatic carbocycles. The number of nitriles is 1. The quantitative estimate of drug-likeness (QED) is 0.407. The lowest BCUT2D eigenvalue weighted by Crippen LogP contribution is -2.29. The smallest absolute Gasteiger partial charge is 0.232 e. The molecule has 0 fully saturated rings. The SMILES string of the molecule is CCCCc1ccc(-n2c(SCC(=O)N(C)CCC#N)nnc2-c2ccc(C)cc2)cc1. The van der Waals surface area contributed by atoms with E-state index in [2.05, 4.69) is 66.5 Å².